The van der Waals surface area contributed by atoms with E-state index in [0.717, 1.165) is 5.56 Å². The molecule has 3 N–H and O–H groups in total. The highest BCUT2D eigenvalue weighted by Gasteiger charge is 2.09. The molecule has 0 radical (unpaired) electrons. The second-order valence-corrected chi connectivity index (χ2v) is 6.48. The fourth-order valence-corrected chi connectivity index (χ4v) is 2.59. The minimum atomic E-state index is -0.247. The van der Waals surface area contributed by atoms with E-state index in [2.05, 4.69) is 16.0 Å². The summed E-state index contributed by atoms with van der Waals surface area (Å²) in [6, 6.07) is 13.8. The van der Waals surface area contributed by atoms with Gasteiger partial charge >= 0.3 is 0 Å². The van der Waals surface area contributed by atoms with E-state index in [1.807, 2.05) is 0 Å². The molecule has 0 saturated carbocycles. The van der Waals surface area contributed by atoms with Gasteiger partial charge in [-0.3, -0.25) is 9.59 Å². The second kappa shape index (κ2) is 10.6. The summed E-state index contributed by atoms with van der Waals surface area (Å²) in [4.78, 5) is 24.1. The molecule has 2 amide bonds. The molecule has 0 bridgehead atoms. The van der Waals surface area contributed by atoms with Gasteiger partial charge < -0.3 is 20.7 Å². The van der Waals surface area contributed by atoms with Crippen LogP contribution in [0.15, 0.2) is 48.5 Å². The summed E-state index contributed by atoms with van der Waals surface area (Å²) in [7, 11) is 1.57. The van der Waals surface area contributed by atoms with Crippen LogP contribution in [0.2, 0.25) is 5.02 Å². The predicted molar refractivity (Wildman–Crippen MR) is 110 cm³/mol. The molecule has 0 saturated heterocycles. The number of amides is 2. The van der Waals surface area contributed by atoms with Crippen molar-refractivity contribution in [2.24, 2.45) is 0 Å². The minimum absolute atomic E-state index is 0.158. The predicted octanol–water partition coefficient (Wildman–Crippen LogP) is 2.77. The van der Waals surface area contributed by atoms with E-state index in [1.54, 1.807) is 55.6 Å². The number of hydrogen-bond acceptors (Lipinski definition) is 4. The van der Waals surface area contributed by atoms with Crippen molar-refractivity contribution in [1.82, 2.24) is 10.6 Å². The van der Waals surface area contributed by atoms with Crippen LogP contribution in [-0.2, 0) is 16.0 Å². The highest BCUT2D eigenvalue weighted by atomic mass is 35.5. The van der Waals surface area contributed by atoms with Gasteiger partial charge in [-0.05, 0) is 48.1 Å². The topological polar surface area (TPSA) is 79.5 Å². The molecule has 0 atom stereocenters. The third-order valence-electron chi connectivity index (χ3n) is 3.51. The number of carbonyl (C=O) groups excluding carboxylic acids is 2. The molecule has 27 heavy (non-hydrogen) atoms. The van der Waals surface area contributed by atoms with Gasteiger partial charge in [0.1, 0.15) is 0 Å². The fourth-order valence-electron chi connectivity index (χ4n) is 2.23. The van der Waals surface area contributed by atoms with Crippen LogP contribution in [0, 0.1) is 0 Å². The van der Waals surface area contributed by atoms with Crippen molar-refractivity contribution in [2.45, 2.75) is 6.42 Å². The first-order chi connectivity index (χ1) is 13.0. The van der Waals surface area contributed by atoms with E-state index < -0.39 is 0 Å². The fraction of sp³-hybridized carbons (Fsp3) is 0.211. The molecular formula is C19H20ClN3O3S. The Hall–Kier alpha value is -2.48. The van der Waals surface area contributed by atoms with Crippen LogP contribution < -0.4 is 16.0 Å². The van der Waals surface area contributed by atoms with E-state index in [4.69, 9.17) is 28.6 Å². The maximum Gasteiger partial charge on any atom is 0.251 e. The van der Waals surface area contributed by atoms with Gasteiger partial charge in [0, 0.05) is 29.9 Å². The molecule has 0 spiro atoms. The number of methoxy groups -OCH3 is 1. The quantitative estimate of drug-likeness (QED) is 0.487. The van der Waals surface area contributed by atoms with E-state index >= 15 is 0 Å². The SMILES string of the molecule is COCCNC(=O)c1cccc(NC(=S)NC(=O)Cc2ccc(Cl)cc2)c1. The Balaban J connectivity index is 1.87. The van der Waals surface area contributed by atoms with Crippen molar-refractivity contribution in [1.29, 1.82) is 0 Å². The Morgan fingerprint density at radius 2 is 1.89 bits per heavy atom. The third-order valence-corrected chi connectivity index (χ3v) is 3.96. The lowest BCUT2D eigenvalue weighted by Gasteiger charge is -2.11. The second-order valence-electron chi connectivity index (χ2n) is 5.64. The number of nitrogens with one attached hydrogen (secondary N) is 3. The number of rotatable bonds is 7. The first-order valence-electron chi connectivity index (χ1n) is 8.20. The van der Waals surface area contributed by atoms with Gasteiger partial charge in [0.15, 0.2) is 5.11 Å². The van der Waals surface area contributed by atoms with Crippen LogP contribution in [0.5, 0.6) is 0 Å². The Morgan fingerprint density at radius 1 is 1.15 bits per heavy atom. The highest BCUT2D eigenvalue weighted by Crippen LogP contribution is 2.11. The number of carbonyl (C=O) groups is 2. The molecule has 0 unspecified atom stereocenters. The lowest BCUT2D eigenvalue weighted by Crippen LogP contribution is -2.35. The zero-order valence-electron chi connectivity index (χ0n) is 14.8. The number of anilines is 1. The Bertz CT molecular complexity index is 812. The zero-order chi connectivity index (χ0) is 19.6. The number of thiocarbonyl (C=S) groups is 1. The van der Waals surface area contributed by atoms with E-state index in [0.29, 0.717) is 29.4 Å². The van der Waals surface area contributed by atoms with Gasteiger partial charge in [0.2, 0.25) is 5.91 Å². The Kier molecular flexibility index (Phi) is 8.19. The number of benzene rings is 2. The Morgan fingerprint density at radius 3 is 2.59 bits per heavy atom. The van der Waals surface area contributed by atoms with E-state index in [-0.39, 0.29) is 23.3 Å². The molecule has 2 aromatic rings. The van der Waals surface area contributed by atoms with Crippen LogP contribution >= 0.6 is 23.8 Å². The molecular weight excluding hydrogens is 386 g/mol. The van der Waals surface area contributed by atoms with Gasteiger partial charge in [0.25, 0.3) is 5.91 Å². The molecule has 142 valence electrons. The van der Waals surface area contributed by atoms with Gasteiger partial charge in [-0.1, -0.05) is 29.8 Å². The number of halogens is 1. The van der Waals surface area contributed by atoms with Crippen molar-refractivity contribution in [3.63, 3.8) is 0 Å². The van der Waals surface area contributed by atoms with Crippen molar-refractivity contribution >= 4 is 46.4 Å². The molecule has 0 aliphatic rings. The summed E-state index contributed by atoms with van der Waals surface area (Å²) >= 11 is 11.0. The van der Waals surface area contributed by atoms with Crippen molar-refractivity contribution in [3.05, 3.63) is 64.7 Å². The molecule has 6 nitrogen and oxygen atoms in total. The van der Waals surface area contributed by atoms with Crippen LogP contribution in [0.3, 0.4) is 0 Å². The average molecular weight is 406 g/mol. The lowest BCUT2D eigenvalue weighted by molar-refractivity contribution is -0.119. The normalized spacial score (nSPS) is 10.1. The van der Waals surface area contributed by atoms with Crippen LogP contribution in [-0.4, -0.2) is 37.2 Å². The van der Waals surface area contributed by atoms with Gasteiger partial charge in [0.05, 0.1) is 13.0 Å². The molecule has 0 aliphatic heterocycles. The molecule has 0 fully saturated rings. The summed E-state index contributed by atoms with van der Waals surface area (Å²) < 4.78 is 4.90. The lowest BCUT2D eigenvalue weighted by atomic mass is 10.1. The standard InChI is InChI=1S/C19H20ClN3O3S/c1-26-10-9-21-18(25)14-3-2-4-16(12-14)22-19(27)23-17(24)11-13-5-7-15(20)8-6-13/h2-8,12H,9-11H2,1H3,(H,21,25)(H2,22,23,24,27). The molecule has 8 heteroatoms. The third kappa shape index (κ3) is 7.34. The molecule has 2 rings (SSSR count). The average Bonchev–Trinajstić information content (AvgIpc) is 2.63. The largest absolute Gasteiger partial charge is 0.383 e. The minimum Gasteiger partial charge on any atom is -0.383 e. The summed E-state index contributed by atoms with van der Waals surface area (Å²) in [6.45, 7) is 0.861. The molecule has 0 aromatic heterocycles. The molecule has 0 aliphatic carbocycles. The monoisotopic (exact) mass is 405 g/mol. The van der Waals surface area contributed by atoms with Gasteiger partial charge in [-0.15, -0.1) is 0 Å². The van der Waals surface area contributed by atoms with Gasteiger partial charge in [-0.25, -0.2) is 0 Å². The van der Waals surface area contributed by atoms with E-state index in [1.165, 1.54) is 0 Å². The zero-order valence-corrected chi connectivity index (χ0v) is 16.3. The smallest absolute Gasteiger partial charge is 0.251 e. The maximum absolute atomic E-state index is 12.1. The molecule has 2 aromatic carbocycles. The van der Waals surface area contributed by atoms with Crippen molar-refractivity contribution in [2.75, 3.05) is 25.6 Å². The maximum atomic E-state index is 12.1. The summed E-state index contributed by atoms with van der Waals surface area (Å²) in [5.74, 6) is -0.461. The van der Waals surface area contributed by atoms with Crippen molar-refractivity contribution in [3.8, 4) is 0 Å². The van der Waals surface area contributed by atoms with Crippen LogP contribution in [0.1, 0.15) is 15.9 Å². The number of ether oxygens (including phenoxy) is 1. The van der Waals surface area contributed by atoms with Crippen LogP contribution in [0.25, 0.3) is 0 Å². The summed E-state index contributed by atoms with van der Waals surface area (Å²) in [5, 5.41) is 9.03. The number of hydrogen-bond donors (Lipinski definition) is 3. The van der Waals surface area contributed by atoms with Gasteiger partial charge in [-0.2, -0.15) is 0 Å². The van der Waals surface area contributed by atoms with Crippen LogP contribution in [0.4, 0.5) is 5.69 Å². The summed E-state index contributed by atoms with van der Waals surface area (Å²) in [5.41, 5.74) is 1.91. The first-order valence-corrected chi connectivity index (χ1v) is 8.99. The van der Waals surface area contributed by atoms with E-state index in [9.17, 15) is 9.59 Å². The highest BCUT2D eigenvalue weighted by molar-refractivity contribution is 7.80. The first kappa shape index (κ1) is 20.8. The Labute approximate surface area is 168 Å². The summed E-state index contributed by atoms with van der Waals surface area (Å²) in [6.07, 6.45) is 0.181. The van der Waals surface area contributed by atoms with Crippen molar-refractivity contribution < 1.29 is 14.3 Å². The molecule has 0 heterocycles.